The molecule has 0 spiro atoms. The summed E-state index contributed by atoms with van der Waals surface area (Å²) in [5.41, 5.74) is -17.1. The van der Waals surface area contributed by atoms with Crippen LogP contribution in [0.5, 0.6) is 0 Å². The predicted octanol–water partition coefficient (Wildman–Crippen LogP) is 10.4. The fraction of sp³-hybridized carbons (Fsp3) is 0.781. The molecule has 0 aliphatic heterocycles. The van der Waals surface area contributed by atoms with E-state index < -0.39 is 139 Å². The molecule has 8 bridgehead atoms. The summed E-state index contributed by atoms with van der Waals surface area (Å²) in [4.78, 5) is 11.5. The van der Waals surface area contributed by atoms with Gasteiger partial charge in [-0.15, -0.1) is 0 Å². The Kier molecular flexibility index (Phi) is 6.13. The summed E-state index contributed by atoms with van der Waals surface area (Å²) in [6, 6.07) is 5.39. The molecule has 14 heteroatoms. The van der Waals surface area contributed by atoms with Crippen molar-refractivity contribution < 1.29 is 57.5 Å². The number of halogens is 12. The van der Waals surface area contributed by atoms with Gasteiger partial charge >= 0.3 is 24.7 Å². The van der Waals surface area contributed by atoms with Gasteiger partial charge in [0.25, 0.3) is 0 Å². The highest BCUT2D eigenvalue weighted by Crippen LogP contribution is 2.88. The summed E-state index contributed by atoms with van der Waals surface area (Å²) in [6.07, 6.45) is -30.0. The average Bonchev–Trinajstić information content (AvgIpc) is 2.85. The smallest absolute Gasteiger partial charge is 0.326 e. The van der Waals surface area contributed by atoms with Crippen molar-refractivity contribution in [3.8, 4) is 0 Å². The summed E-state index contributed by atoms with van der Waals surface area (Å²) >= 11 is 0. The van der Waals surface area contributed by atoms with Gasteiger partial charge in [-0.3, -0.25) is 4.79 Å². The fourth-order valence-electron chi connectivity index (χ4n) is 12.9. The van der Waals surface area contributed by atoms with Crippen LogP contribution in [0.3, 0.4) is 0 Å². The molecule has 4 atom stereocenters. The van der Waals surface area contributed by atoms with Crippen molar-refractivity contribution in [1.82, 2.24) is 0 Å². The van der Waals surface area contributed by atoms with Gasteiger partial charge in [-0.25, -0.2) is 0 Å². The number of hydrogen-bond acceptors (Lipinski definition) is 1. The van der Waals surface area contributed by atoms with Gasteiger partial charge in [0.2, 0.25) is 5.91 Å². The van der Waals surface area contributed by atoms with Crippen molar-refractivity contribution in [3.63, 3.8) is 0 Å². The van der Waals surface area contributed by atoms with E-state index in [2.05, 4.69) is 5.32 Å². The van der Waals surface area contributed by atoms with Crippen LogP contribution in [-0.2, 0) is 10.2 Å². The van der Waals surface area contributed by atoms with E-state index in [1.54, 1.807) is 0 Å². The molecule has 0 heterocycles. The Morgan fingerprint density at radius 2 is 0.978 bits per heavy atom. The molecule has 9 rings (SSSR count). The number of benzene rings is 1. The van der Waals surface area contributed by atoms with Crippen molar-refractivity contribution >= 4 is 11.6 Å². The Balaban J connectivity index is 1.47. The Labute approximate surface area is 257 Å². The zero-order valence-electron chi connectivity index (χ0n) is 24.8. The van der Waals surface area contributed by atoms with E-state index in [0.717, 1.165) is 0 Å². The van der Waals surface area contributed by atoms with Gasteiger partial charge in [0.1, 0.15) is 0 Å². The monoisotopic (exact) mass is 675 g/mol. The molecule has 8 aliphatic rings. The van der Waals surface area contributed by atoms with E-state index in [0.29, 0.717) is 0 Å². The number of amides is 1. The third-order valence-electron chi connectivity index (χ3n) is 13.5. The van der Waals surface area contributed by atoms with Crippen molar-refractivity contribution in [3.05, 3.63) is 29.8 Å². The first kappa shape index (κ1) is 32.4. The summed E-state index contributed by atoms with van der Waals surface area (Å²) in [6.45, 7) is 1.21. The molecule has 1 N–H and O–H groups in total. The molecule has 8 aliphatic carbocycles. The second-order valence-electron chi connectivity index (χ2n) is 16.3. The van der Waals surface area contributed by atoms with Crippen LogP contribution >= 0.6 is 0 Å². The molecule has 8 saturated carbocycles. The highest BCUT2D eigenvalue weighted by atomic mass is 19.4. The molecule has 0 saturated heterocycles. The van der Waals surface area contributed by atoms with Crippen LogP contribution in [0.1, 0.15) is 89.5 Å². The third kappa shape index (κ3) is 4.02. The summed E-state index contributed by atoms with van der Waals surface area (Å²) in [5, 5.41) is 2.49. The number of carbonyl (C=O) groups is 1. The minimum Gasteiger partial charge on any atom is -0.326 e. The molecule has 0 radical (unpaired) electrons. The third-order valence-corrected chi connectivity index (χ3v) is 13.5. The minimum absolute atomic E-state index is 0.119. The van der Waals surface area contributed by atoms with Gasteiger partial charge < -0.3 is 5.32 Å². The summed E-state index contributed by atoms with van der Waals surface area (Å²) < 4.78 is 182. The Morgan fingerprint density at radius 1 is 0.565 bits per heavy atom. The molecule has 1 aromatic rings. The number of hydrogen-bond donors (Lipinski definition) is 1. The minimum atomic E-state index is -5.19. The SMILES string of the molecule is CC(=O)Nc1ccc(C23CC4(C(F)(F)F)CC(C(F)(F)F)(C2)CC(C25CC6CC(C(F)(F)F)(CC(C(F)(F)F)(C6)C2)C5)(C3)C4)cc1. The van der Waals surface area contributed by atoms with Crippen LogP contribution in [0.4, 0.5) is 58.4 Å². The van der Waals surface area contributed by atoms with E-state index >= 15 is 26.3 Å². The van der Waals surface area contributed by atoms with Crippen molar-refractivity contribution in [1.29, 1.82) is 0 Å². The van der Waals surface area contributed by atoms with Gasteiger partial charge in [-0.05, 0) is 117 Å². The predicted molar refractivity (Wildman–Crippen MR) is 140 cm³/mol. The molecule has 1 aromatic carbocycles. The zero-order chi connectivity index (χ0) is 33.8. The van der Waals surface area contributed by atoms with Crippen LogP contribution < -0.4 is 5.32 Å². The van der Waals surface area contributed by atoms with E-state index in [1.165, 1.54) is 31.2 Å². The normalized spacial score (nSPS) is 44.9. The topological polar surface area (TPSA) is 29.1 Å². The largest absolute Gasteiger partial charge is 0.394 e. The molecular formula is C32H33F12NO. The molecule has 1 amide bonds. The van der Waals surface area contributed by atoms with Crippen LogP contribution in [0.15, 0.2) is 24.3 Å². The second kappa shape index (κ2) is 8.71. The molecular weight excluding hydrogens is 642 g/mol. The maximum Gasteiger partial charge on any atom is 0.394 e. The van der Waals surface area contributed by atoms with Gasteiger partial charge in [0.05, 0.1) is 21.7 Å². The first-order chi connectivity index (χ1) is 20.8. The Hall–Kier alpha value is -2.15. The molecule has 0 aromatic heterocycles. The standard InChI is InChI=1S/C32H33F12NO/c1-18(46)45-21-4-2-20(3-5-21)22-9-26(15-27(10-22,31(39,40)41)17-28(11-22,16-26)32(42,43)44)23-6-19-7-24(12-23,29(33,34)35)14-25(8-19,13-23)30(36,37)38/h2-5,19H,6-17H2,1H3,(H,45,46). The Morgan fingerprint density at radius 3 is 1.39 bits per heavy atom. The lowest BCUT2D eigenvalue weighted by Gasteiger charge is -2.78. The molecule has 256 valence electrons. The van der Waals surface area contributed by atoms with E-state index in [9.17, 15) is 31.1 Å². The first-order valence-corrected chi connectivity index (χ1v) is 15.4. The maximum atomic E-state index is 15.3. The number of nitrogens with one attached hydrogen (secondary N) is 1. The van der Waals surface area contributed by atoms with Gasteiger partial charge in [0.15, 0.2) is 0 Å². The van der Waals surface area contributed by atoms with E-state index in [1.807, 2.05) is 0 Å². The van der Waals surface area contributed by atoms with E-state index in [4.69, 9.17) is 0 Å². The van der Waals surface area contributed by atoms with Crippen molar-refractivity contribution in [2.45, 2.75) is 114 Å². The first-order valence-electron chi connectivity index (χ1n) is 15.4. The summed E-state index contributed by atoms with van der Waals surface area (Å²) in [7, 11) is 0. The number of anilines is 1. The average molecular weight is 676 g/mol. The lowest BCUT2D eigenvalue weighted by molar-refractivity contribution is -0.404. The number of alkyl halides is 12. The highest BCUT2D eigenvalue weighted by molar-refractivity contribution is 5.88. The fourth-order valence-corrected chi connectivity index (χ4v) is 12.9. The van der Waals surface area contributed by atoms with Gasteiger partial charge in [-0.2, -0.15) is 52.7 Å². The maximum absolute atomic E-state index is 15.3. The van der Waals surface area contributed by atoms with Gasteiger partial charge in [-0.1, -0.05) is 12.1 Å². The van der Waals surface area contributed by atoms with E-state index in [-0.39, 0.29) is 24.1 Å². The highest BCUT2D eigenvalue weighted by Gasteiger charge is 2.86. The molecule has 46 heavy (non-hydrogen) atoms. The second-order valence-corrected chi connectivity index (χ2v) is 16.3. The Bertz CT molecular complexity index is 1390. The van der Waals surface area contributed by atoms with Crippen LogP contribution in [0.25, 0.3) is 0 Å². The molecule has 8 fully saturated rings. The number of carbonyl (C=O) groups excluding carboxylic acids is 1. The van der Waals surface area contributed by atoms with Crippen LogP contribution in [0, 0.1) is 38.4 Å². The van der Waals surface area contributed by atoms with Crippen LogP contribution in [-0.4, -0.2) is 30.6 Å². The number of rotatable bonds is 3. The quantitative estimate of drug-likeness (QED) is 0.318. The van der Waals surface area contributed by atoms with Crippen molar-refractivity contribution in [2.75, 3.05) is 5.32 Å². The van der Waals surface area contributed by atoms with Crippen molar-refractivity contribution in [2.24, 2.45) is 38.4 Å². The van der Waals surface area contributed by atoms with Crippen LogP contribution in [0.2, 0.25) is 0 Å². The lowest BCUT2D eigenvalue weighted by Crippen LogP contribution is -2.75. The summed E-state index contributed by atoms with van der Waals surface area (Å²) in [5.74, 6) is -1.59. The lowest BCUT2D eigenvalue weighted by atomic mass is 9.25. The zero-order valence-corrected chi connectivity index (χ0v) is 24.8. The molecule has 2 nitrogen and oxygen atoms in total. The van der Waals surface area contributed by atoms with Gasteiger partial charge in [0, 0.05) is 12.6 Å². The molecule has 4 unspecified atom stereocenters.